The number of rotatable bonds is 5. The summed E-state index contributed by atoms with van der Waals surface area (Å²) in [6, 6.07) is 19.5. The third-order valence-electron chi connectivity index (χ3n) is 5.10. The summed E-state index contributed by atoms with van der Waals surface area (Å²) >= 11 is 0. The highest BCUT2D eigenvalue weighted by atomic mass is 16.6. The lowest BCUT2D eigenvalue weighted by molar-refractivity contribution is -0.161. The van der Waals surface area contributed by atoms with Crippen LogP contribution in [0.3, 0.4) is 0 Å². The van der Waals surface area contributed by atoms with Crippen LogP contribution >= 0.6 is 0 Å². The van der Waals surface area contributed by atoms with E-state index in [1.807, 2.05) is 74.5 Å². The Labute approximate surface area is 149 Å². The Balaban J connectivity index is 2.02. The maximum Gasteiger partial charge on any atom is 0.338 e. The Morgan fingerprint density at radius 1 is 1.04 bits per heavy atom. The van der Waals surface area contributed by atoms with Crippen molar-refractivity contribution >= 4 is 5.97 Å². The van der Waals surface area contributed by atoms with Gasteiger partial charge in [0.1, 0.15) is 11.4 Å². The second-order valence-electron chi connectivity index (χ2n) is 6.51. The number of hydrogen-bond acceptors (Lipinski definition) is 3. The van der Waals surface area contributed by atoms with Crippen LogP contribution in [0, 0.1) is 0 Å². The molecule has 0 aliphatic carbocycles. The number of carbonyl (C=O) groups excluding carboxylic acids is 1. The van der Waals surface area contributed by atoms with Gasteiger partial charge in [0.25, 0.3) is 0 Å². The molecule has 25 heavy (non-hydrogen) atoms. The number of carbonyl (C=O) groups is 1. The van der Waals surface area contributed by atoms with E-state index in [0.29, 0.717) is 18.4 Å². The van der Waals surface area contributed by atoms with Crippen molar-refractivity contribution in [3.05, 3.63) is 83.1 Å². The van der Waals surface area contributed by atoms with Gasteiger partial charge in [-0.25, -0.2) is 4.79 Å². The van der Waals surface area contributed by atoms with Crippen LogP contribution in [-0.2, 0) is 15.1 Å². The molecule has 0 radical (unpaired) electrons. The first kappa shape index (κ1) is 17.3. The lowest BCUT2D eigenvalue weighted by Gasteiger charge is -2.38. The molecule has 2 atom stereocenters. The summed E-state index contributed by atoms with van der Waals surface area (Å²) < 4.78 is 5.94. The summed E-state index contributed by atoms with van der Waals surface area (Å²) in [5, 5.41) is 10.8. The van der Waals surface area contributed by atoms with E-state index in [0.717, 1.165) is 17.5 Å². The number of benzene rings is 2. The largest absolute Gasteiger partial charge is 0.512 e. The summed E-state index contributed by atoms with van der Waals surface area (Å²) in [5.74, 6) is -0.415. The molecule has 0 spiro atoms. The topological polar surface area (TPSA) is 46.5 Å². The first-order chi connectivity index (χ1) is 12.1. The second kappa shape index (κ2) is 7.14. The van der Waals surface area contributed by atoms with E-state index in [9.17, 15) is 9.90 Å². The number of aliphatic hydroxyl groups is 1. The summed E-state index contributed by atoms with van der Waals surface area (Å²) in [4.78, 5) is 12.9. The van der Waals surface area contributed by atoms with E-state index in [1.165, 1.54) is 0 Å². The molecule has 3 rings (SSSR count). The molecule has 0 fully saturated rings. The third kappa shape index (κ3) is 3.19. The van der Waals surface area contributed by atoms with Crippen molar-refractivity contribution in [1.29, 1.82) is 0 Å². The zero-order valence-electron chi connectivity index (χ0n) is 14.7. The summed E-state index contributed by atoms with van der Waals surface area (Å²) in [7, 11) is 0. The number of esters is 1. The van der Waals surface area contributed by atoms with Crippen LogP contribution in [-0.4, -0.2) is 11.1 Å². The van der Waals surface area contributed by atoms with Gasteiger partial charge in [0.05, 0.1) is 5.57 Å². The molecule has 1 heterocycles. The number of cyclic esters (lactones) is 1. The SMILES string of the molecule is CCC(C1=C(O)CC(CC)(c2ccccc2)OC1=O)c1ccccc1. The minimum atomic E-state index is -0.791. The van der Waals surface area contributed by atoms with Gasteiger partial charge in [-0.1, -0.05) is 74.5 Å². The molecule has 1 aliphatic heterocycles. The molecule has 130 valence electrons. The van der Waals surface area contributed by atoms with E-state index < -0.39 is 11.6 Å². The Morgan fingerprint density at radius 3 is 2.16 bits per heavy atom. The molecule has 1 aliphatic rings. The van der Waals surface area contributed by atoms with Crippen LogP contribution in [0.15, 0.2) is 72.0 Å². The highest BCUT2D eigenvalue weighted by Gasteiger charge is 2.43. The minimum absolute atomic E-state index is 0.151. The summed E-state index contributed by atoms with van der Waals surface area (Å²) in [6.45, 7) is 4.00. The molecule has 0 bridgehead atoms. The Morgan fingerprint density at radius 2 is 1.64 bits per heavy atom. The van der Waals surface area contributed by atoms with Gasteiger partial charge in [-0.05, 0) is 24.0 Å². The molecule has 2 aromatic rings. The van der Waals surface area contributed by atoms with Crippen LogP contribution in [0.4, 0.5) is 0 Å². The lowest BCUT2D eigenvalue weighted by atomic mass is 9.80. The quantitative estimate of drug-likeness (QED) is 0.759. The van der Waals surface area contributed by atoms with E-state index in [-0.39, 0.29) is 11.7 Å². The zero-order valence-corrected chi connectivity index (χ0v) is 14.7. The van der Waals surface area contributed by atoms with Crippen molar-refractivity contribution < 1.29 is 14.6 Å². The normalized spacial score (nSPS) is 21.8. The fourth-order valence-electron chi connectivity index (χ4n) is 3.69. The van der Waals surface area contributed by atoms with Gasteiger partial charge in [0, 0.05) is 12.3 Å². The Bertz CT molecular complexity index is 764. The van der Waals surface area contributed by atoms with E-state index in [1.54, 1.807) is 0 Å². The number of hydrogen-bond donors (Lipinski definition) is 1. The Hall–Kier alpha value is -2.55. The number of aliphatic hydroxyl groups excluding tert-OH is 1. The van der Waals surface area contributed by atoms with Gasteiger partial charge in [-0.2, -0.15) is 0 Å². The predicted octanol–water partition coefficient (Wildman–Crippen LogP) is 5.24. The lowest BCUT2D eigenvalue weighted by Crippen LogP contribution is -2.38. The average Bonchev–Trinajstić information content (AvgIpc) is 2.66. The molecule has 0 saturated carbocycles. The van der Waals surface area contributed by atoms with E-state index in [2.05, 4.69) is 0 Å². The summed E-state index contributed by atoms with van der Waals surface area (Å²) in [5.41, 5.74) is 1.55. The van der Waals surface area contributed by atoms with Gasteiger partial charge in [-0.3, -0.25) is 0 Å². The fraction of sp³-hybridized carbons (Fsp3) is 0.318. The molecular weight excluding hydrogens is 312 g/mol. The molecule has 2 aromatic carbocycles. The molecule has 0 saturated heterocycles. The van der Waals surface area contributed by atoms with E-state index >= 15 is 0 Å². The van der Waals surface area contributed by atoms with Crippen LogP contribution in [0.2, 0.25) is 0 Å². The molecule has 0 aromatic heterocycles. The van der Waals surface area contributed by atoms with Gasteiger partial charge in [-0.15, -0.1) is 0 Å². The third-order valence-corrected chi connectivity index (χ3v) is 5.10. The zero-order chi connectivity index (χ0) is 17.9. The summed E-state index contributed by atoms with van der Waals surface area (Å²) in [6.07, 6.45) is 1.66. The first-order valence-corrected chi connectivity index (χ1v) is 8.87. The average molecular weight is 336 g/mol. The van der Waals surface area contributed by atoms with Gasteiger partial charge >= 0.3 is 5.97 Å². The molecule has 2 unspecified atom stereocenters. The van der Waals surface area contributed by atoms with Crippen molar-refractivity contribution in [2.75, 3.05) is 0 Å². The predicted molar refractivity (Wildman–Crippen MR) is 98.2 cm³/mol. The van der Waals surface area contributed by atoms with Crippen molar-refractivity contribution in [1.82, 2.24) is 0 Å². The smallest absolute Gasteiger partial charge is 0.338 e. The highest BCUT2D eigenvalue weighted by Crippen LogP contribution is 2.44. The van der Waals surface area contributed by atoms with Gasteiger partial charge < -0.3 is 9.84 Å². The van der Waals surface area contributed by atoms with Crippen molar-refractivity contribution in [3.63, 3.8) is 0 Å². The maximum atomic E-state index is 12.9. The minimum Gasteiger partial charge on any atom is -0.512 e. The molecule has 1 N–H and O–H groups in total. The molecule has 3 nitrogen and oxygen atoms in total. The van der Waals surface area contributed by atoms with Gasteiger partial charge in [0.15, 0.2) is 0 Å². The van der Waals surface area contributed by atoms with Crippen molar-refractivity contribution in [3.8, 4) is 0 Å². The van der Waals surface area contributed by atoms with Crippen molar-refractivity contribution in [2.24, 2.45) is 0 Å². The highest BCUT2D eigenvalue weighted by molar-refractivity contribution is 5.92. The second-order valence-corrected chi connectivity index (χ2v) is 6.51. The maximum absolute atomic E-state index is 12.9. The molecule has 3 heteroatoms. The van der Waals surface area contributed by atoms with Crippen LogP contribution in [0.1, 0.15) is 50.2 Å². The number of ether oxygens (including phenoxy) is 1. The molecular formula is C22H24O3. The van der Waals surface area contributed by atoms with Crippen LogP contribution in [0.25, 0.3) is 0 Å². The first-order valence-electron chi connectivity index (χ1n) is 8.87. The van der Waals surface area contributed by atoms with Gasteiger partial charge in [0.2, 0.25) is 0 Å². The van der Waals surface area contributed by atoms with Crippen LogP contribution in [0.5, 0.6) is 0 Å². The standard InChI is InChI=1S/C22H24O3/c1-3-18(16-11-7-5-8-12-16)20-19(23)15-22(4-2,25-21(20)24)17-13-9-6-10-14-17/h5-14,18,23H,3-4,15H2,1-2H3. The fourth-order valence-corrected chi connectivity index (χ4v) is 3.69. The van der Waals surface area contributed by atoms with E-state index in [4.69, 9.17) is 4.74 Å². The Kier molecular flexibility index (Phi) is 4.93. The monoisotopic (exact) mass is 336 g/mol. The van der Waals surface area contributed by atoms with Crippen molar-refractivity contribution in [2.45, 2.75) is 44.6 Å². The van der Waals surface area contributed by atoms with Crippen LogP contribution < -0.4 is 0 Å². The molecule has 0 amide bonds.